The molecule has 0 atom stereocenters. The maximum Gasteiger partial charge on any atom is 0.181 e. The van der Waals surface area contributed by atoms with Crippen LogP contribution in [-0.2, 0) is 4.74 Å². The summed E-state index contributed by atoms with van der Waals surface area (Å²) in [5.41, 5.74) is 2.50. The topological polar surface area (TPSA) is 84.0 Å². The first-order valence-corrected chi connectivity index (χ1v) is 9.17. The van der Waals surface area contributed by atoms with Crippen molar-refractivity contribution in [2.75, 3.05) is 31.2 Å². The smallest absolute Gasteiger partial charge is 0.181 e. The van der Waals surface area contributed by atoms with Gasteiger partial charge in [0.25, 0.3) is 0 Å². The van der Waals surface area contributed by atoms with Gasteiger partial charge < -0.3 is 14.6 Å². The van der Waals surface area contributed by atoms with E-state index < -0.39 is 0 Å². The van der Waals surface area contributed by atoms with Crippen LogP contribution in [-0.4, -0.2) is 52.5 Å². The Morgan fingerprint density at radius 1 is 1.23 bits per heavy atom. The predicted molar refractivity (Wildman–Crippen MR) is 101 cm³/mol. The summed E-state index contributed by atoms with van der Waals surface area (Å²) < 4.78 is 6.40. The fourth-order valence-electron chi connectivity index (χ4n) is 3.25. The summed E-state index contributed by atoms with van der Waals surface area (Å²) in [6.07, 6.45) is 4.49. The van der Waals surface area contributed by atoms with Crippen LogP contribution in [0.1, 0.15) is 9.67 Å². The molecular weight excluding hydrogens is 350 g/mol. The third kappa shape index (κ3) is 2.46. The summed E-state index contributed by atoms with van der Waals surface area (Å²) in [6, 6.07) is 5.72. The van der Waals surface area contributed by atoms with Crippen molar-refractivity contribution in [3.05, 3.63) is 35.5 Å². The van der Waals surface area contributed by atoms with Gasteiger partial charge in [-0.3, -0.25) is 9.78 Å². The first kappa shape index (κ1) is 15.4. The molecule has 0 aliphatic carbocycles. The maximum absolute atomic E-state index is 11.3. The van der Waals surface area contributed by atoms with Crippen LogP contribution in [0, 0.1) is 0 Å². The number of anilines is 1. The van der Waals surface area contributed by atoms with E-state index in [2.05, 4.69) is 14.9 Å². The van der Waals surface area contributed by atoms with Crippen molar-refractivity contribution in [2.24, 2.45) is 0 Å². The second-order valence-corrected chi connectivity index (χ2v) is 7.13. The van der Waals surface area contributed by atoms with E-state index in [4.69, 9.17) is 14.7 Å². The van der Waals surface area contributed by atoms with Crippen LogP contribution in [0.15, 0.2) is 30.6 Å². The zero-order valence-electron chi connectivity index (χ0n) is 13.8. The van der Waals surface area contributed by atoms with Crippen molar-refractivity contribution in [1.29, 1.82) is 0 Å². The highest BCUT2D eigenvalue weighted by Gasteiger charge is 2.21. The number of aromatic amines is 1. The van der Waals surface area contributed by atoms with Gasteiger partial charge in [0.15, 0.2) is 17.9 Å². The number of rotatable bonds is 3. The molecule has 1 aliphatic heterocycles. The molecule has 1 fully saturated rings. The first-order chi connectivity index (χ1) is 12.8. The first-order valence-electron chi connectivity index (χ1n) is 8.35. The molecule has 0 bridgehead atoms. The Hall–Kier alpha value is -2.84. The quantitative estimate of drug-likeness (QED) is 0.562. The molecule has 7 nitrogen and oxygen atoms in total. The number of aldehydes is 1. The van der Waals surface area contributed by atoms with E-state index in [0.29, 0.717) is 23.9 Å². The van der Waals surface area contributed by atoms with E-state index in [0.717, 1.165) is 52.0 Å². The maximum atomic E-state index is 11.3. The van der Waals surface area contributed by atoms with Gasteiger partial charge in [-0.05, 0) is 18.2 Å². The number of H-pyrrole nitrogens is 1. The zero-order chi connectivity index (χ0) is 17.5. The number of pyridine rings is 1. The normalized spacial score (nSPS) is 15.0. The van der Waals surface area contributed by atoms with Gasteiger partial charge in [-0.2, -0.15) is 0 Å². The van der Waals surface area contributed by atoms with E-state index in [1.165, 1.54) is 11.3 Å². The molecule has 26 heavy (non-hydrogen) atoms. The van der Waals surface area contributed by atoms with Gasteiger partial charge in [0, 0.05) is 36.4 Å². The molecule has 5 rings (SSSR count). The van der Waals surface area contributed by atoms with Crippen molar-refractivity contribution in [3.63, 3.8) is 0 Å². The van der Waals surface area contributed by atoms with Gasteiger partial charge in [-0.15, -0.1) is 11.3 Å². The van der Waals surface area contributed by atoms with Crippen molar-refractivity contribution in [2.45, 2.75) is 0 Å². The highest BCUT2D eigenvalue weighted by atomic mass is 32.1. The van der Waals surface area contributed by atoms with E-state index in [1.807, 2.05) is 24.4 Å². The molecule has 0 aromatic carbocycles. The molecule has 0 saturated carbocycles. The zero-order valence-corrected chi connectivity index (χ0v) is 14.6. The van der Waals surface area contributed by atoms with Crippen LogP contribution in [0.3, 0.4) is 0 Å². The third-order valence-corrected chi connectivity index (χ3v) is 5.54. The van der Waals surface area contributed by atoms with Crippen LogP contribution in [0.25, 0.3) is 32.6 Å². The van der Waals surface area contributed by atoms with Crippen LogP contribution in [0.4, 0.5) is 5.82 Å². The second-order valence-electron chi connectivity index (χ2n) is 6.05. The summed E-state index contributed by atoms with van der Waals surface area (Å²) in [5.74, 6) is 1.42. The summed E-state index contributed by atoms with van der Waals surface area (Å²) in [7, 11) is 0. The Balaban J connectivity index is 1.75. The molecule has 130 valence electrons. The number of ether oxygens (including phenoxy) is 1. The molecule has 8 heteroatoms. The molecule has 4 aromatic rings. The van der Waals surface area contributed by atoms with Gasteiger partial charge in [0.2, 0.25) is 0 Å². The summed E-state index contributed by atoms with van der Waals surface area (Å²) in [4.78, 5) is 31.4. The van der Waals surface area contributed by atoms with Crippen molar-refractivity contribution < 1.29 is 9.53 Å². The number of nitrogens with one attached hydrogen (secondary N) is 1. The molecule has 0 amide bonds. The van der Waals surface area contributed by atoms with Gasteiger partial charge in [0.05, 0.1) is 28.3 Å². The molecular formula is C18H15N5O2S. The van der Waals surface area contributed by atoms with Crippen LogP contribution < -0.4 is 4.90 Å². The lowest BCUT2D eigenvalue weighted by molar-refractivity contribution is 0.112. The Labute approximate surface area is 152 Å². The number of fused-ring (bicyclic) bond motifs is 2. The number of thiophene rings is 1. The lowest BCUT2D eigenvalue weighted by atomic mass is 10.2. The molecule has 1 aliphatic rings. The lowest BCUT2D eigenvalue weighted by Gasteiger charge is -2.28. The predicted octanol–water partition coefficient (Wildman–Crippen LogP) is 2.88. The molecule has 0 spiro atoms. The SMILES string of the molecule is O=Cc1cc2nc(-c3nccc4[nH]ccc34)nc(N3CCOCC3)c2s1. The van der Waals surface area contributed by atoms with Gasteiger partial charge in [-0.25, -0.2) is 9.97 Å². The number of aromatic nitrogens is 4. The highest BCUT2D eigenvalue weighted by molar-refractivity contribution is 7.21. The number of nitrogens with zero attached hydrogens (tertiary/aromatic N) is 4. The Kier molecular flexibility index (Phi) is 3.65. The number of carbonyl (C=O) groups excluding carboxylic acids is 1. The van der Waals surface area contributed by atoms with E-state index in [1.54, 1.807) is 6.20 Å². The largest absolute Gasteiger partial charge is 0.378 e. The minimum atomic E-state index is 0.569. The van der Waals surface area contributed by atoms with Crippen molar-refractivity contribution in [3.8, 4) is 11.5 Å². The van der Waals surface area contributed by atoms with Crippen molar-refractivity contribution in [1.82, 2.24) is 19.9 Å². The van der Waals surface area contributed by atoms with E-state index in [-0.39, 0.29) is 0 Å². The molecule has 1 saturated heterocycles. The Morgan fingerprint density at radius 3 is 2.96 bits per heavy atom. The van der Waals surface area contributed by atoms with Crippen LogP contribution in [0.5, 0.6) is 0 Å². The molecule has 0 unspecified atom stereocenters. The average Bonchev–Trinajstić information content (AvgIpc) is 3.34. The van der Waals surface area contributed by atoms with E-state index >= 15 is 0 Å². The number of hydrogen-bond acceptors (Lipinski definition) is 7. The Bertz CT molecular complexity index is 1110. The van der Waals surface area contributed by atoms with Crippen molar-refractivity contribution >= 4 is 44.6 Å². The minimum Gasteiger partial charge on any atom is -0.378 e. The number of morpholine rings is 1. The highest BCUT2D eigenvalue weighted by Crippen LogP contribution is 2.34. The second kappa shape index (κ2) is 6.15. The lowest BCUT2D eigenvalue weighted by Crippen LogP contribution is -2.36. The van der Waals surface area contributed by atoms with Gasteiger partial charge >= 0.3 is 0 Å². The summed E-state index contributed by atoms with van der Waals surface area (Å²) in [5, 5.41) is 0.977. The van der Waals surface area contributed by atoms with Crippen LogP contribution in [0.2, 0.25) is 0 Å². The fraction of sp³-hybridized carbons (Fsp3) is 0.222. The average molecular weight is 365 g/mol. The summed E-state index contributed by atoms with van der Waals surface area (Å²) in [6.45, 7) is 2.86. The van der Waals surface area contributed by atoms with Gasteiger partial charge in [0.1, 0.15) is 5.69 Å². The summed E-state index contributed by atoms with van der Waals surface area (Å²) >= 11 is 1.42. The third-order valence-electron chi connectivity index (χ3n) is 4.49. The minimum absolute atomic E-state index is 0.569. The molecule has 4 aromatic heterocycles. The Morgan fingerprint density at radius 2 is 2.12 bits per heavy atom. The van der Waals surface area contributed by atoms with Crippen LogP contribution >= 0.6 is 11.3 Å². The van der Waals surface area contributed by atoms with E-state index in [9.17, 15) is 4.79 Å². The number of carbonyl (C=O) groups is 1. The number of hydrogen-bond donors (Lipinski definition) is 1. The molecule has 0 radical (unpaired) electrons. The standard InChI is InChI=1S/C18H15N5O2S/c24-10-11-9-14-16(26-11)18(23-5-7-25-8-6-23)22-17(21-14)15-12-1-3-19-13(12)2-4-20-15/h1-4,9-10,19H,5-8H2. The molecule has 5 heterocycles. The monoisotopic (exact) mass is 365 g/mol. The van der Waals surface area contributed by atoms with Gasteiger partial charge in [-0.1, -0.05) is 0 Å². The fourth-order valence-corrected chi connectivity index (χ4v) is 4.18. The molecule has 1 N–H and O–H groups in total.